The lowest BCUT2D eigenvalue weighted by Gasteiger charge is -2.27. The van der Waals surface area contributed by atoms with Crippen LogP contribution in [0.25, 0.3) is 21.9 Å². The summed E-state index contributed by atoms with van der Waals surface area (Å²) in [5.41, 5.74) is 3.03. The summed E-state index contributed by atoms with van der Waals surface area (Å²) in [6.07, 6.45) is 7.51. The van der Waals surface area contributed by atoms with Crippen LogP contribution in [0.15, 0.2) is 59.8 Å². The van der Waals surface area contributed by atoms with E-state index in [0.717, 1.165) is 59.5 Å². The molecule has 4 heterocycles. The summed E-state index contributed by atoms with van der Waals surface area (Å²) in [4.78, 5) is 85.8. The summed E-state index contributed by atoms with van der Waals surface area (Å²) in [6.45, 7) is 5.95. The number of benzene rings is 2. The summed E-state index contributed by atoms with van der Waals surface area (Å²) in [7, 11) is 7.18. The number of hydrogen-bond donors (Lipinski definition) is 0. The summed E-state index contributed by atoms with van der Waals surface area (Å²) in [5, 5.41) is 1.36. The van der Waals surface area contributed by atoms with Gasteiger partial charge in [-0.2, -0.15) is 13.5 Å². The molecular weight excluding hydrogens is 827 g/mol. The number of carbonyl (C=O) groups excluding carboxylic acids is 5. The molecule has 0 radical (unpaired) electrons. The molecule has 4 aromatic rings. The van der Waals surface area contributed by atoms with Gasteiger partial charge in [0.2, 0.25) is 5.91 Å². The first-order valence-electron chi connectivity index (χ1n) is 21.2. The van der Waals surface area contributed by atoms with Crippen molar-refractivity contribution in [1.82, 2.24) is 24.3 Å². The number of aromatic nitrogens is 2. The monoisotopic (exact) mass is 881 g/mol. The molecule has 0 N–H and O–H groups in total. The van der Waals surface area contributed by atoms with Crippen molar-refractivity contribution in [3.05, 3.63) is 82.0 Å². The van der Waals surface area contributed by atoms with Crippen LogP contribution < -0.4 is 19.8 Å². The zero-order valence-electron chi connectivity index (χ0n) is 36.4. The van der Waals surface area contributed by atoms with Gasteiger partial charge in [0.25, 0.3) is 17.4 Å². The molecule has 334 valence electrons. The van der Waals surface area contributed by atoms with Crippen LogP contribution in [0.3, 0.4) is 0 Å². The maximum atomic E-state index is 13.3. The van der Waals surface area contributed by atoms with Gasteiger partial charge < -0.3 is 33.3 Å². The largest absolute Gasteiger partial charge is 0.496 e. The van der Waals surface area contributed by atoms with Crippen LogP contribution in [0, 0.1) is 17.3 Å². The van der Waals surface area contributed by atoms with E-state index in [-0.39, 0.29) is 92.8 Å². The SMILES string of the molecule is COc1cc(-c2cn(C)c(=O)c3cnccc23)cc(OC)c1CN(C)CC1CC2CN(C(=O)CCOCCOc3ccc4c(c3)C(=O)N(C3CCC(=O)CC3=O)C4=O)C[C@@]2(C)C1.S. The highest BCUT2D eigenvalue weighted by molar-refractivity contribution is 7.59. The van der Waals surface area contributed by atoms with Crippen molar-refractivity contribution < 1.29 is 42.9 Å². The van der Waals surface area contributed by atoms with Crippen molar-refractivity contribution in [3.8, 4) is 28.4 Å². The number of aryl methyl sites for hydroxylation is 1. The zero-order valence-corrected chi connectivity index (χ0v) is 37.4. The predicted octanol–water partition coefficient (Wildman–Crippen LogP) is 4.81. The average molecular weight is 882 g/mol. The zero-order chi connectivity index (χ0) is 43.9. The minimum atomic E-state index is -0.923. The Morgan fingerprint density at radius 2 is 1.68 bits per heavy atom. The topological polar surface area (TPSA) is 167 Å². The Kier molecular flexibility index (Phi) is 13.4. The van der Waals surface area contributed by atoms with E-state index in [0.29, 0.717) is 41.0 Å². The fourth-order valence-corrected chi connectivity index (χ4v) is 10.2. The van der Waals surface area contributed by atoms with E-state index in [1.54, 1.807) is 44.3 Å². The molecular formula is C47H55N5O10S. The molecule has 3 amide bonds. The van der Waals surface area contributed by atoms with E-state index in [4.69, 9.17) is 18.9 Å². The van der Waals surface area contributed by atoms with E-state index < -0.39 is 23.6 Å². The molecule has 8 rings (SSSR count). The second-order valence-corrected chi connectivity index (χ2v) is 17.5. The van der Waals surface area contributed by atoms with Gasteiger partial charge in [-0.05, 0) is 90.9 Å². The van der Waals surface area contributed by atoms with Crippen molar-refractivity contribution >= 4 is 53.6 Å². The highest BCUT2D eigenvalue weighted by Gasteiger charge is 2.51. The van der Waals surface area contributed by atoms with Gasteiger partial charge in [0.05, 0.1) is 68.4 Å². The summed E-state index contributed by atoms with van der Waals surface area (Å²) in [6, 6.07) is 9.56. The molecule has 3 fully saturated rings. The van der Waals surface area contributed by atoms with E-state index in [1.807, 2.05) is 29.3 Å². The van der Waals surface area contributed by atoms with Gasteiger partial charge in [0.1, 0.15) is 29.6 Å². The van der Waals surface area contributed by atoms with Gasteiger partial charge in [-0.3, -0.25) is 38.7 Å². The lowest BCUT2D eigenvalue weighted by Crippen LogP contribution is -2.47. The number of imide groups is 1. The van der Waals surface area contributed by atoms with Crippen LogP contribution in [-0.4, -0.2) is 120 Å². The number of carbonyl (C=O) groups is 5. The lowest BCUT2D eigenvalue weighted by atomic mass is 9.83. The Hall–Kier alpha value is -5.58. The normalized spacial score (nSPS) is 21.8. The number of Topliss-reactive ketones (excluding diaryl/α,β-unsaturated/α-hetero) is 2. The Morgan fingerprint density at radius 1 is 0.937 bits per heavy atom. The standard InChI is InChI=1S/C47H53N5O10.H2S/c1-47-21-28(23-49(2)25-38-41(59-4)17-29(18-42(38)60-5)37-26-50(3)44(56)36-22-48-12-10-33(36)37)16-30(47)24-51(27-47)43(55)11-13-61-14-15-62-32-7-8-34-35(20-32)46(58)52(45(34)57)39-9-6-31(53)19-40(39)54;/h7-8,10,12,17-18,20,22,26,28,30,39H,6,9,11,13-16,19,21,23-25,27H2,1-5H3;1H2/t28?,30?,39?,47-;/m1./s1. The molecule has 2 saturated carbocycles. The van der Waals surface area contributed by atoms with Crippen LogP contribution in [0.4, 0.5) is 0 Å². The van der Waals surface area contributed by atoms with Gasteiger partial charge in [0.15, 0.2) is 5.78 Å². The minimum absolute atomic E-state index is 0. The number of likely N-dealkylation sites (tertiary alicyclic amines) is 1. The molecule has 63 heavy (non-hydrogen) atoms. The Labute approximate surface area is 373 Å². The average Bonchev–Trinajstić information content (AvgIpc) is 3.83. The van der Waals surface area contributed by atoms with E-state index in [2.05, 4.69) is 23.9 Å². The van der Waals surface area contributed by atoms with Gasteiger partial charge in [0, 0.05) is 63.8 Å². The second kappa shape index (κ2) is 18.6. The number of nitrogens with zero attached hydrogens (tertiary/aromatic N) is 5. The van der Waals surface area contributed by atoms with Gasteiger partial charge in [-0.1, -0.05) is 6.92 Å². The quantitative estimate of drug-likeness (QED) is 0.0911. The summed E-state index contributed by atoms with van der Waals surface area (Å²) < 4.78 is 25.0. The van der Waals surface area contributed by atoms with E-state index >= 15 is 0 Å². The third-order valence-electron chi connectivity index (χ3n) is 13.2. The molecule has 16 heteroatoms. The Morgan fingerprint density at radius 3 is 2.40 bits per heavy atom. The molecule has 4 aliphatic rings. The van der Waals surface area contributed by atoms with Crippen molar-refractivity contribution in [2.75, 3.05) is 60.7 Å². The Balaban J connectivity index is 0.00000595. The van der Waals surface area contributed by atoms with Crippen LogP contribution in [0.2, 0.25) is 0 Å². The number of methoxy groups -OCH3 is 2. The smallest absolute Gasteiger partial charge is 0.262 e. The first-order chi connectivity index (χ1) is 29.8. The first-order valence-corrected chi connectivity index (χ1v) is 21.2. The summed E-state index contributed by atoms with van der Waals surface area (Å²) >= 11 is 0. The number of hydrogen-bond acceptors (Lipinski definition) is 12. The number of rotatable bonds is 15. The highest BCUT2D eigenvalue weighted by Crippen LogP contribution is 2.51. The van der Waals surface area contributed by atoms with Gasteiger partial charge >= 0.3 is 0 Å². The van der Waals surface area contributed by atoms with Crippen molar-refractivity contribution in [1.29, 1.82) is 0 Å². The van der Waals surface area contributed by atoms with Gasteiger partial charge in [-0.25, -0.2) is 0 Å². The lowest BCUT2D eigenvalue weighted by molar-refractivity contribution is -0.133. The third-order valence-corrected chi connectivity index (χ3v) is 13.2. The molecule has 2 aliphatic heterocycles. The molecule has 3 unspecified atom stereocenters. The fourth-order valence-electron chi connectivity index (χ4n) is 10.2. The molecule has 0 bridgehead atoms. The molecule has 2 aliphatic carbocycles. The molecule has 0 spiro atoms. The van der Waals surface area contributed by atoms with Gasteiger partial charge in [-0.15, -0.1) is 0 Å². The molecule has 15 nitrogen and oxygen atoms in total. The Bertz CT molecular complexity index is 2500. The number of ether oxygens (including phenoxy) is 4. The fraction of sp³-hybridized carbons (Fsp3) is 0.468. The number of pyridine rings is 2. The van der Waals surface area contributed by atoms with E-state index in [1.165, 1.54) is 12.1 Å². The second-order valence-electron chi connectivity index (χ2n) is 17.5. The number of fused-ring (bicyclic) bond motifs is 3. The van der Waals surface area contributed by atoms with Crippen molar-refractivity contribution in [3.63, 3.8) is 0 Å². The minimum Gasteiger partial charge on any atom is -0.496 e. The number of amides is 3. The van der Waals surface area contributed by atoms with Crippen LogP contribution in [-0.2, 0) is 32.7 Å². The highest BCUT2D eigenvalue weighted by atomic mass is 32.1. The molecule has 2 aromatic carbocycles. The number of ketones is 2. The molecule has 2 aromatic heterocycles. The predicted molar refractivity (Wildman–Crippen MR) is 239 cm³/mol. The molecule has 4 atom stereocenters. The van der Waals surface area contributed by atoms with Crippen molar-refractivity contribution in [2.24, 2.45) is 24.3 Å². The summed E-state index contributed by atoms with van der Waals surface area (Å²) in [5.74, 6) is 1.10. The first kappa shape index (κ1) is 45.4. The maximum Gasteiger partial charge on any atom is 0.262 e. The van der Waals surface area contributed by atoms with Crippen LogP contribution in [0.1, 0.15) is 71.7 Å². The van der Waals surface area contributed by atoms with Crippen LogP contribution >= 0.6 is 13.5 Å². The maximum absolute atomic E-state index is 13.3. The van der Waals surface area contributed by atoms with Crippen LogP contribution in [0.5, 0.6) is 17.2 Å². The van der Waals surface area contributed by atoms with E-state index in [9.17, 15) is 28.8 Å². The van der Waals surface area contributed by atoms with Crippen molar-refractivity contribution in [2.45, 2.75) is 58.0 Å². The third kappa shape index (κ3) is 8.98. The molecule has 1 saturated heterocycles.